The number of hydrogen-bond acceptors (Lipinski definition) is 1. The highest BCUT2D eigenvalue weighted by Crippen LogP contribution is 2.19. The average Bonchev–Trinajstić information content (AvgIpc) is 2.68. The molecule has 1 aromatic heterocycles. The Balaban J connectivity index is 2.42. The Kier molecular flexibility index (Phi) is 3.90. The van der Waals surface area contributed by atoms with Gasteiger partial charge in [-0.25, -0.2) is 4.39 Å². The molecular weight excluding hydrogens is 259 g/mol. The average molecular weight is 278 g/mol. The van der Waals surface area contributed by atoms with Gasteiger partial charge in [-0.05, 0) is 48.7 Å². The standard InChI is InChI=1S/C15H19FN2S/c1-9(2)13-7-17-15(19)18(13)8-12-5-10(3)14(16)11(4)6-12/h5-7,9H,8H2,1-4H3,(H,17,19). The van der Waals surface area contributed by atoms with E-state index >= 15 is 0 Å². The SMILES string of the molecule is Cc1cc(Cn2c(C(C)C)c[nH]c2=S)cc(C)c1F. The minimum Gasteiger partial charge on any atom is -0.337 e. The van der Waals surface area contributed by atoms with Gasteiger partial charge in [-0.3, -0.25) is 0 Å². The zero-order valence-corrected chi connectivity index (χ0v) is 12.6. The molecule has 0 saturated heterocycles. The Hall–Kier alpha value is -1.42. The molecule has 1 aromatic carbocycles. The third-order valence-corrected chi connectivity index (χ3v) is 3.67. The second-order valence-corrected chi connectivity index (χ2v) is 5.69. The smallest absolute Gasteiger partial charge is 0.177 e. The summed E-state index contributed by atoms with van der Waals surface area (Å²) in [4.78, 5) is 3.08. The minimum absolute atomic E-state index is 0.120. The second-order valence-electron chi connectivity index (χ2n) is 5.30. The summed E-state index contributed by atoms with van der Waals surface area (Å²) in [5.41, 5.74) is 3.62. The van der Waals surface area contributed by atoms with E-state index in [1.807, 2.05) is 18.3 Å². The fourth-order valence-corrected chi connectivity index (χ4v) is 2.59. The molecule has 0 spiro atoms. The number of rotatable bonds is 3. The lowest BCUT2D eigenvalue weighted by Crippen LogP contribution is -2.07. The summed E-state index contributed by atoms with van der Waals surface area (Å²) in [6, 6.07) is 3.78. The van der Waals surface area contributed by atoms with Crippen molar-refractivity contribution in [2.24, 2.45) is 0 Å². The molecule has 1 N–H and O–H groups in total. The monoisotopic (exact) mass is 278 g/mol. The van der Waals surface area contributed by atoms with E-state index in [-0.39, 0.29) is 5.82 Å². The molecule has 4 heteroatoms. The molecule has 0 radical (unpaired) electrons. The van der Waals surface area contributed by atoms with Crippen LogP contribution in [-0.4, -0.2) is 9.55 Å². The van der Waals surface area contributed by atoms with Crippen molar-refractivity contribution in [1.82, 2.24) is 9.55 Å². The lowest BCUT2D eigenvalue weighted by Gasteiger charge is -2.12. The van der Waals surface area contributed by atoms with E-state index in [0.29, 0.717) is 28.4 Å². The number of imidazole rings is 1. The number of halogens is 1. The molecule has 19 heavy (non-hydrogen) atoms. The summed E-state index contributed by atoms with van der Waals surface area (Å²) in [7, 11) is 0. The van der Waals surface area contributed by atoms with Crippen LogP contribution in [0.25, 0.3) is 0 Å². The van der Waals surface area contributed by atoms with Crippen molar-refractivity contribution in [3.05, 3.63) is 51.3 Å². The molecule has 0 saturated carbocycles. The van der Waals surface area contributed by atoms with E-state index in [9.17, 15) is 4.39 Å². The van der Waals surface area contributed by atoms with Gasteiger partial charge in [-0.15, -0.1) is 0 Å². The maximum absolute atomic E-state index is 13.6. The second kappa shape index (κ2) is 5.29. The van der Waals surface area contributed by atoms with Crippen molar-refractivity contribution in [2.75, 3.05) is 0 Å². The van der Waals surface area contributed by atoms with Gasteiger partial charge in [-0.2, -0.15) is 0 Å². The van der Waals surface area contributed by atoms with E-state index < -0.39 is 0 Å². The van der Waals surface area contributed by atoms with E-state index in [2.05, 4.69) is 23.4 Å². The molecule has 0 bridgehead atoms. The van der Waals surface area contributed by atoms with Crippen LogP contribution in [0.15, 0.2) is 18.3 Å². The van der Waals surface area contributed by atoms with Crippen LogP contribution < -0.4 is 0 Å². The van der Waals surface area contributed by atoms with Gasteiger partial charge in [0, 0.05) is 11.9 Å². The van der Waals surface area contributed by atoms with E-state index in [4.69, 9.17) is 12.2 Å². The summed E-state index contributed by atoms with van der Waals surface area (Å²) < 4.78 is 16.4. The number of H-pyrrole nitrogens is 1. The topological polar surface area (TPSA) is 20.7 Å². The lowest BCUT2D eigenvalue weighted by molar-refractivity contribution is 0.606. The van der Waals surface area contributed by atoms with Crippen LogP contribution in [0.1, 0.15) is 42.1 Å². The maximum Gasteiger partial charge on any atom is 0.177 e. The molecule has 0 aliphatic carbocycles. The molecule has 0 aliphatic rings. The maximum atomic E-state index is 13.6. The Bertz CT molecular complexity index is 629. The normalized spacial score (nSPS) is 11.3. The first-order valence-corrected chi connectivity index (χ1v) is 6.84. The highest BCUT2D eigenvalue weighted by Gasteiger charge is 2.10. The fourth-order valence-electron chi connectivity index (χ4n) is 2.36. The van der Waals surface area contributed by atoms with Crippen molar-refractivity contribution in [2.45, 2.75) is 40.2 Å². The van der Waals surface area contributed by atoms with Crippen LogP contribution in [0, 0.1) is 24.4 Å². The zero-order chi connectivity index (χ0) is 14.2. The number of aromatic amines is 1. The van der Waals surface area contributed by atoms with Gasteiger partial charge in [0.05, 0.1) is 6.54 Å². The number of hydrogen-bond donors (Lipinski definition) is 1. The van der Waals surface area contributed by atoms with Crippen LogP contribution in [0.2, 0.25) is 0 Å². The highest BCUT2D eigenvalue weighted by molar-refractivity contribution is 7.71. The van der Waals surface area contributed by atoms with Crippen LogP contribution >= 0.6 is 12.2 Å². The number of aryl methyl sites for hydroxylation is 2. The Labute approximate surface area is 118 Å². The molecule has 0 aliphatic heterocycles. The highest BCUT2D eigenvalue weighted by atomic mass is 32.1. The van der Waals surface area contributed by atoms with Gasteiger partial charge in [-0.1, -0.05) is 26.0 Å². The summed E-state index contributed by atoms with van der Waals surface area (Å²) in [6.07, 6.45) is 1.95. The number of nitrogens with one attached hydrogen (secondary N) is 1. The van der Waals surface area contributed by atoms with Crippen LogP contribution in [0.3, 0.4) is 0 Å². The van der Waals surface area contributed by atoms with Crippen LogP contribution in [0.5, 0.6) is 0 Å². The summed E-state index contributed by atoms with van der Waals surface area (Å²) >= 11 is 5.32. The van der Waals surface area contributed by atoms with Crippen molar-refractivity contribution in [3.8, 4) is 0 Å². The lowest BCUT2D eigenvalue weighted by atomic mass is 10.1. The quantitative estimate of drug-likeness (QED) is 0.821. The largest absolute Gasteiger partial charge is 0.337 e. The third-order valence-electron chi connectivity index (χ3n) is 3.33. The molecule has 0 fully saturated rings. The van der Waals surface area contributed by atoms with Crippen LogP contribution in [-0.2, 0) is 6.54 Å². The molecule has 102 valence electrons. The summed E-state index contributed by atoms with van der Waals surface area (Å²) in [6.45, 7) is 8.54. The van der Waals surface area contributed by atoms with Gasteiger partial charge in [0.25, 0.3) is 0 Å². The fraction of sp³-hybridized carbons (Fsp3) is 0.400. The van der Waals surface area contributed by atoms with Gasteiger partial charge >= 0.3 is 0 Å². The van der Waals surface area contributed by atoms with Gasteiger partial charge < -0.3 is 9.55 Å². The molecule has 2 rings (SSSR count). The minimum atomic E-state index is -0.120. The van der Waals surface area contributed by atoms with Crippen molar-refractivity contribution in [1.29, 1.82) is 0 Å². The van der Waals surface area contributed by atoms with Crippen molar-refractivity contribution in [3.63, 3.8) is 0 Å². The van der Waals surface area contributed by atoms with E-state index in [1.165, 1.54) is 5.69 Å². The summed E-state index contributed by atoms with van der Waals surface area (Å²) in [5, 5.41) is 0. The van der Waals surface area contributed by atoms with E-state index in [0.717, 1.165) is 5.56 Å². The molecule has 2 nitrogen and oxygen atoms in total. The Morgan fingerprint density at radius 2 is 1.84 bits per heavy atom. The van der Waals surface area contributed by atoms with E-state index in [1.54, 1.807) is 13.8 Å². The molecule has 0 amide bonds. The first-order valence-electron chi connectivity index (χ1n) is 6.44. The number of nitrogens with zero attached hydrogens (tertiary/aromatic N) is 1. The van der Waals surface area contributed by atoms with Crippen molar-refractivity contribution < 1.29 is 4.39 Å². The first-order chi connectivity index (χ1) is 8.90. The Morgan fingerprint density at radius 1 is 1.26 bits per heavy atom. The third kappa shape index (κ3) is 2.78. The molecular formula is C15H19FN2S. The Morgan fingerprint density at radius 3 is 2.37 bits per heavy atom. The summed E-state index contributed by atoms with van der Waals surface area (Å²) in [5.74, 6) is 0.279. The zero-order valence-electron chi connectivity index (χ0n) is 11.7. The predicted octanol–water partition coefficient (Wildman–Crippen LogP) is 4.47. The first kappa shape index (κ1) is 14.0. The van der Waals surface area contributed by atoms with Gasteiger partial charge in [0.15, 0.2) is 4.77 Å². The molecule has 0 atom stereocenters. The van der Waals surface area contributed by atoms with Crippen LogP contribution in [0.4, 0.5) is 4.39 Å². The molecule has 2 aromatic rings. The van der Waals surface area contributed by atoms with Crippen molar-refractivity contribution >= 4 is 12.2 Å². The van der Waals surface area contributed by atoms with Gasteiger partial charge in [0.2, 0.25) is 0 Å². The predicted molar refractivity (Wildman–Crippen MR) is 78.7 cm³/mol. The molecule has 1 heterocycles. The number of aromatic nitrogens is 2. The molecule has 0 unspecified atom stereocenters. The van der Waals surface area contributed by atoms with Gasteiger partial charge in [0.1, 0.15) is 5.82 Å². The number of benzene rings is 1.